The van der Waals surface area contributed by atoms with E-state index in [0.717, 1.165) is 36.3 Å². The van der Waals surface area contributed by atoms with Crippen molar-refractivity contribution >= 4 is 11.6 Å². The van der Waals surface area contributed by atoms with Gasteiger partial charge in [-0.1, -0.05) is 43.2 Å². The van der Waals surface area contributed by atoms with E-state index >= 15 is 0 Å². The number of hydrogen-bond acceptors (Lipinski definition) is 2. The number of carbonyl (C=O) groups is 1. The third-order valence-corrected chi connectivity index (χ3v) is 5.57. The Kier molecular flexibility index (Phi) is 3.79. The molecule has 0 radical (unpaired) electrons. The van der Waals surface area contributed by atoms with Gasteiger partial charge >= 0.3 is 0 Å². The summed E-state index contributed by atoms with van der Waals surface area (Å²) in [5, 5.41) is 0. The number of hydrogen-bond donors (Lipinski definition) is 0. The zero-order valence-corrected chi connectivity index (χ0v) is 14.1. The number of methoxy groups -OCH3 is 1. The molecule has 1 heterocycles. The Morgan fingerprint density at radius 2 is 1.75 bits per heavy atom. The fourth-order valence-corrected chi connectivity index (χ4v) is 4.27. The number of para-hydroxylation sites is 1. The van der Waals surface area contributed by atoms with Gasteiger partial charge in [0.15, 0.2) is 0 Å². The smallest absolute Gasteiger partial charge is 0.233 e. The Morgan fingerprint density at radius 1 is 1.04 bits per heavy atom. The highest BCUT2D eigenvalue weighted by Gasteiger charge is 2.47. The molecule has 1 amide bonds. The van der Waals surface area contributed by atoms with Crippen molar-refractivity contribution in [1.82, 2.24) is 0 Å². The Labute approximate surface area is 143 Å². The van der Waals surface area contributed by atoms with Crippen LogP contribution in [0.1, 0.15) is 36.8 Å². The predicted molar refractivity (Wildman–Crippen MR) is 95.2 cm³/mol. The van der Waals surface area contributed by atoms with Crippen LogP contribution < -0.4 is 9.64 Å². The lowest BCUT2D eigenvalue weighted by Crippen LogP contribution is -2.47. The third kappa shape index (κ3) is 2.48. The van der Waals surface area contributed by atoms with Crippen LogP contribution in [-0.4, -0.2) is 13.0 Å². The van der Waals surface area contributed by atoms with Gasteiger partial charge in [-0.15, -0.1) is 0 Å². The van der Waals surface area contributed by atoms with E-state index in [-0.39, 0.29) is 5.41 Å². The molecule has 4 rings (SSSR count). The second kappa shape index (κ2) is 5.97. The maximum absolute atomic E-state index is 13.3. The summed E-state index contributed by atoms with van der Waals surface area (Å²) in [7, 11) is 1.67. The molecule has 1 aliphatic carbocycles. The van der Waals surface area contributed by atoms with Crippen LogP contribution in [0.15, 0.2) is 48.5 Å². The van der Waals surface area contributed by atoms with Crippen molar-refractivity contribution in [3.8, 4) is 5.75 Å². The van der Waals surface area contributed by atoms with E-state index in [2.05, 4.69) is 18.2 Å². The fourth-order valence-electron chi connectivity index (χ4n) is 4.27. The molecule has 0 unspecified atom stereocenters. The maximum Gasteiger partial charge on any atom is 0.233 e. The van der Waals surface area contributed by atoms with E-state index in [1.807, 2.05) is 35.2 Å². The maximum atomic E-state index is 13.3. The second-order valence-electron chi connectivity index (χ2n) is 7.03. The van der Waals surface area contributed by atoms with Gasteiger partial charge in [0.25, 0.3) is 0 Å². The van der Waals surface area contributed by atoms with Crippen molar-refractivity contribution in [3.63, 3.8) is 0 Å². The third-order valence-electron chi connectivity index (χ3n) is 5.57. The Bertz CT molecular complexity index is 745. The molecule has 2 aromatic rings. The highest BCUT2D eigenvalue weighted by Crippen LogP contribution is 2.48. The average Bonchev–Trinajstić information content (AvgIpc) is 3.09. The summed E-state index contributed by atoms with van der Waals surface area (Å²) in [5.41, 5.74) is 3.36. The summed E-state index contributed by atoms with van der Waals surface area (Å²) in [5.74, 6) is 1.16. The number of carbonyl (C=O) groups excluding carboxylic acids is 1. The van der Waals surface area contributed by atoms with E-state index in [0.29, 0.717) is 12.5 Å². The van der Waals surface area contributed by atoms with Gasteiger partial charge in [-0.25, -0.2) is 0 Å². The van der Waals surface area contributed by atoms with E-state index in [4.69, 9.17) is 4.74 Å². The molecule has 3 heteroatoms. The second-order valence-corrected chi connectivity index (χ2v) is 7.03. The Hall–Kier alpha value is -2.29. The van der Waals surface area contributed by atoms with Crippen LogP contribution in [0.3, 0.4) is 0 Å². The van der Waals surface area contributed by atoms with Crippen LogP contribution in [0.5, 0.6) is 5.75 Å². The molecular weight excluding hydrogens is 298 g/mol. The molecular formula is C21H23NO2. The molecule has 0 atom stereocenters. The number of fused-ring (bicyclic) bond motifs is 1. The molecule has 1 fully saturated rings. The average molecular weight is 321 g/mol. The van der Waals surface area contributed by atoms with Gasteiger partial charge in [0, 0.05) is 5.69 Å². The quantitative estimate of drug-likeness (QED) is 0.841. The van der Waals surface area contributed by atoms with Crippen molar-refractivity contribution < 1.29 is 9.53 Å². The van der Waals surface area contributed by atoms with E-state index in [1.54, 1.807) is 7.11 Å². The number of nitrogens with zero attached hydrogens (tertiary/aromatic N) is 1. The zero-order valence-electron chi connectivity index (χ0n) is 14.1. The van der Waals surface area contributed by atoms with E-state index in [1.165, 1.54) is 18.4 Å². The first kappa shape index (κ1) is 15.3. The molecule has 0 bridgehead atoms. The van der Waals surface area contributed by atoms with Crippen molar-refractivity contribution in [3.05, 3.63) is 59.7 Å². The molecule has 0 N–H and O–H groups in total. The number of anilines is 1. The van der Waals surface area contributed by atoms with E-state index < -0.39 is 0 Å². The number of rotatable bonds is 3. The molecule has 3 nitrogen and oxygen atoms in total. The summed E-state index contributed by atoms with van der Waals surface area (Å²) in [4.78, 5) is 15.3. The van der Waals surface area contributed by atoms with Gasteiger partial charge in [-0.3, -0.25) is 4.79 Å². The normalized spacial score (nSPS) is 18.7. The van der Waals surface area contributed by atoms with Gasteiger partial charge in [-0.2, -0.15) is 0 Å². The first-order chi connectivity index (χ1) is 11.7. The summed E-state index contributed by atoms with van der Waals surface area (Å²) in [6.45, 7) is 0.627. The van der Waals surface area contributed by atoms with Crippen LogP contribution in [0.2, 0.25) is 0 Å². The molecule has 0 aromatic heterocycles. The first-order valence-corrected chi connectivity index (χ1v) is 8.75. The lowest BCUT2D eigenvalue weighted by Gasteiger charge is -2.40. The van der Waals surface area contributed by atoms with Crippen LogP contribution in [0.25, 0.3) is 0 Å². The molecule has 124 valence electrons. The van der Waals surface area contributed by atoms with E-state index in [9.17, 15) is 4.79 Å². The van der Waals surface area contributed by atoms with Crippen LogP contribution in [0.4, 0.5) is 5.69 Å². The topological polar surface area (TPSA) is 29.5 Å². The summed E-state index contributed by atoms with van der Waals surface area (Å²) >= 11 is 0. The van der Waals surface area contributed by atoms with Crippen molar-refractivity contribution in [2.45, 2.75) is 38.6 Å². The Morgan fingerprint density at radius 3 is 2.46 bits per heavy atom. The fraction of sp³-hybridized carbons (Fsp3) is 0.381. The van der Waals surface area contributed by atoms with Crippen LogP contribution in [-0.2, 0) is 17.8 Å². The van der Waals surface area contributed by atoms with Crippen molar-refractivity contribution in [1.29, 1.82) is 0 Å². The molecule has 1 spiro atoms. The van der Waals surface area contributed by atoms with Gasteiger partial charge < -0.3 is 9.64 Å². The first-order valence-electron chi connectivity index (χ1n) is 8.75. The molecule has 1 saturated carbocycles. The predicted octanol–water partition coefficient (Wildman–Crippen LogP) is 4.34. The number of ether oxygens (including phenoxy) is 1. The van der Waals surface area contributed by atoms with Gasteiger partial charge in [-0.05, 0) is 48.6 Å². The lowest BCUT2D eigenvalue weighted by molar-refractivity contribution is -0.128. The standard InChI is InChI=1S/C21H23NO2/c1-24-18-10-8-16(9-11-18)15-22-19-7-3-2-6-17(19)14-21(20(22)23)12-4-5-13-21/h2-3,6-11H,4-5,12-15H2,1H3. The SMILES string of the molecule is COc1ccc(CN2C(=O)C3(CCCC3)Cc3ccccc32)cc1. The van der Waals surface area contributed by atoms with Crippen LogP contribution in [0, 0.1) is 5.41 Å². The minimum absolute atomic E-state index is 0.166. The highest BCUT2D eigenvalue weighted by molar-refractivity contribution is 6.00. The molecule has 0 saturated heterocycles. The lowest BCUT2D eigenvalue weighted by atomic mass is 9.75. The number of benzene rings is 2. The highest BCUT2D eigenvalue weighted by atomic mass is 16.5. The van der Waals surface area contributed by atoms with Gasteiger partial charge in [0.1, 0.15) is 5.75 Å². The minimum Gasteiger partial charge on any atom is -0.497 e. The monoisotopic (exact) mass is 321 g/mol. The van der Waals surface area contributed by atoms with Crippen molar-refractivity contribution in [2.24, 2.45) is 5.41 Å². The molecule has 2 aliphatic rings. The van der Waals surface area contributed by atoms with Gasteiger partial charge in [0.05, 0.1) is 19.1 Å². The Balaban J connectivity index is 1.70. The molecule has 1 aliphatic heterocycles. The number of amides is 1. The zero-order chi connectivity index (χ0) is 16.6. The minimum atomic E-state index is -0.166. The summed E-state index contributed by atoms with van der Waals surface area (Å²) in [6.07, 6.45) is 5.30. The summed E-state index contributed by atoms with van der Waals surface area (Å²) < 4.78 is 5.23. The summed E-state index contributed by atoms with van der Waals surface area (Å²) in [6, 6.07) is 16.4. The van der Waals surface area contributed by atoms with Crippen molar-refractivity contribution in [2.75, 3.05) is 12.0 Å². The largest absolute Gasteiger partial charge is 0.497 e. The van der Waals surface area contributed by atoms with Crippen LogP contribution >= 0.6 is 0 Å². The van der Waals surface area contributed by atoms with Gasteiger partial charge in [0.2, 0.25) is 5.91 Å². The molecule has 2 aromatic carbocycles. The molecule has 24 heavy (non-hydrogen) atoms.